The highest BCUT2D eigenvalue weighted by Gasteiger charge is 2.17. The largest absolute Gasteiger partial charge is 0.493 e. The Kier molecular flexibility index (Phi) is 7.72. The molecule has 0 bridgehead atoms. The van der Waals surface area contributed by atoms with Crippen LogP contribution in [0.2, 0.25) is 5.02 Å². The van der Waals surface area contributed by atoms with Crippen LogP contribution in [0.15, 0.2) is 48.0 Å². The van der Waals surface area contributed by atoms with Crippen LogP contribution < -0.4 is 14.8 Å². The van der Waals surface area contributed by atoms with Crippen LogP contribution in [-0.2, 0) is 16.1 Å². The molecule has 3 rings (SSSR count). The van der Waals surface area contributed by atoms with Crippen molar-refractivity contribution in [1.82, 2.24) is 5.32 Å². The van der Waals surface area contributed by atoms with Crippen LogP contribution in [0.5, 0.6) is 11.5 Å². The molecule has 2 aromatic carbocycles. The van der Waals surface area contributed by atoms with Crippen molar-refractivity contribution in [3.05, 3.63) is 64.2 Å². The second kappa shape index (κ2) is 10.7. The van der Waals surface area contributed by atoms with Crippen LogP contribution in [0.25, 0.3) is 6.08 Å². The number of nitrogens with zero attached hydrogens (tertiary/aromatic N) is 1. The molecule has 1 aliphatic rings. The lowest BCUT2D eigenvalue weighted by Gasteiger charge is -2.12. The number of hydrogen-bond donors (Lipinski definition) is 1. The van der Waals surface area contributed by atoms with Gasteiger partial charge in [-0.05, 0) is 54.3 Å². The van der Waals surface area contributed by atoms with E-state index in [1.807, 2.05) is 18.2 Å². The highest BCUT2D eigenvalue weighted by atomic mass is 35.5. The van der Waals surface area contributed by atoms with Crippen LogP contribution in [0.1, 0.15) is 24.0 Å². The summed E-state index contributed by atoms with van der Waals surface area (Å²) in [4.78, 5) is 12.3. The third-order valence-electron chi connectivity index (χ3n) is 4.69. The normalized spacial score (nSPS) is 16.0. The van der Waals surface area contributed by atoms with Crippen LogP contribution in [0, 0.1) is 11.3 Å². The zero-order valence-corrected chi connectivity index (χ0v) is 17.4. The zero-order valence-electron chi connectivity index (χ0n) is 16.7. The van der Waals surface area contributed by atoms with Gasteiger partial charge in [0.2, 0.25) is 0 Å². The first-order valence-electron chi connectivity index (χ1n) is 9.66. The molecule has 6 nitrogen and oxygen atoms in total. The van der Waals surface area contributed by atoms with Crippen molar-refractivity contribution >= 4 is 23.6 Å². The van der Waals surface area contributed by atoms with Gasteiger partial charge >= 0.3 is 0 Å². The first kappa shape index (κ1) is 21.7. The molecule has 0 aliphatic carbocycles. The molecule has 1 atom stereocenters. The fraction of sp³-hybridized carbons (Fsp3) is 0.304. The minimum absolute atomic E-state index is 0.0184. The van der Waals surface area contributed by atoms with Gasteiger partial charge in [-0.1, -0.05) is 29.8 Å². The van der Waals surface area contributed by atoms with Crippen LogP contribution in [0.3, 0.4) is 0 Å². The van der Waals surface area contributed by atoms with E-state index in [1.54, 1.807) is 30.3 Å². The van der Waals surface area contributed by atoms with Crippen molar-refractivity contribution < 1.29 is 19.0 Å². The third kappa shape index (κ3) is 5.99. The molecule has 1 amide bonds. The summed E-state index contributed by atoms with van der Waals surface area (Å²) < 4.78 is 16.7. The average molecular weight is 427 g/mol. The number of carbonyl (C=O) groups excluding carboxylic acids is 1. The molecule has 1 heterocycles. The van der Waals surface area contributed by atoms with Gasteiger partial charge in [0.25, 0.3) is 5.91 Å². The molecule has 0 saturated carbocycles. The molecule has 1 aliphatic heterocycles. The Labute approximate surface area is 181 Å². The second-order valence-corrected chi connectivity index (χ2v) is 7.28. The van der Waals surface area contributed by atoms with Gasteiger partial charge in [-0.2, -0.15) is 5.26 Å². The predicted molar refractivity (Wildman–Crippen MR) is 114 cm³/mol. The molecule has 7 heteroatoms. The lowest BCUT2D eigenvalue weighted by atomic mass is 10.1. The Bertz CT molecular complexity index is 945. The molecule has 1 N–H and O–H groups in total. The first-order valence-corrected chi connectivity index (χ1v) is 10.0. The summed E-state index contributed by atoms with van der Waals surface area (Å²) in [5, 5.41) is 12.8. The molecule has 30 heavy (non-hydrogen) atoms. The number of nitriles is 1. The molecule has 0 radical (unpaired) electrons. The minimum Gasteiger partial charge on any atom is -0.493 e. The molecule has 1 saturated heterocycles. The van der Waals surface area contributed by atoms with Gasteiger partial charge in [0.15, 0.2) is 11.5 Å². The van der Waals surface area contributed by atoms with Crippen LogP contribution >= 0.6 is 11.6 Å². The van der Waals surface area contributed by atoms with Crippen molar-refractivity contribution in [2.24, 2.45) is 0 Å². The average Bonchev–Trinajstić information content (AvgIpc) is 3.29. The fourth-order valence-electron chi connectivity index (χ4n) is 3.06. The van der Waals surface area contributed by atoms with Gasteiger partial charge in [-0.3, -0.25) is 4.79 Å². The molecule has 0 aromatic heterocycles. The van der Waals surface area contributed by atoms with Crippen LogP contribution in [-0.4, -0.2) is 32.3 Å². The Morgan fingerprint density at radius 2 is 2.10 bits per heavy atom. The number of nitrogens with one attached hydrogen (secondary N) is 1. The summed E-state index contributed by atoms with van der Waals surface area (Å²) in [6.45, 7) is 1.48. The Morgan fingerprint density at radius 3 is 2.77 bits per heavy atom. The van der Waals surface area contributed by atoms with E-state index in [-0.39, 0.29) is 11.7 Å². The summed E-state index contributed by atoms with van der Waals surface area (Å²) in [5.41, 5.74) is 1.65. The van der Waals surface area contributed by atoms with E-state index in [2.05, 4.69) is 5.32 Å². The number of benzene rings is 2. The first-order chi connectivity index (χ1) is 14.6. The number of hydrogen-bond acceptors (Lipinski definition) is 5. The zero-order chi connectivity index (χ0) is 21.3. The monoisotopic (exact) mass is 426 g/mol. The lowest BCUT2D eigenvalue weighted by molar-refractivity contribution is -0.117. The van der Waals surface area contributed by atoms with Crippen molar-refractivity contribution in [2.75, 3.05) is 20.3 Å². The summed E-state index contributed by atoms with van der Waals surface area (Å²) in [6, 6.07) is 14.6. The summed E-state index contributed by atoms with van der Waals surface area (Å²) in [6.07, 6.45) is 3.45. The fourth-order valence-corrected chi connectivity index (χ4v) is 3.18. The molecule has 0 spiro atoms. The van der Waals surface area contributed by atoms with E-state index in [0.717, 1.165) is 18.4 Å². The number of ether oxygens (including phenoxy) is 3. The summed E-state index contributed by atoms with van der Waals surface area (Å²) in [5.74, 6) is 0.649. The number of carbonyl (C=O) groups is 1. The molecule has 2 aromatic rings. The summed E-state index contributed by atoms with van der Waals surface area (Å²) >= 11 is 5.90. The van der Waals surface area contributed by atoms with E-state index in [0.29, 0.717) is 41.8 Å². The van der Waals surface area contributed by atoms with Gasteiger partial charge < -0.3 is 19.5 Å². The number of halogens is 1. The Balaban J connectivity index is 1.66. The van der Waals surface area contributed by atoms with Crippen molar-refractivity contribution in [1.29, 1.82) is 5.26 Å². The topological polar surface area (TPSA) is 80.6 Å². The van der Waals surface area contributed by atoms with Gasteiger partial charge in [-0.15, -0.1) is 0 Å². The highest BCUT2D eigenvalue weighted by Crippen LogP contribution is 2.30. The minimum atomic E-state index is -0.421. The number of amides is 1. The molecular weight excluding hydrogens is 404 g/mol. The Morgan fingerprint density at radius 1 is 1.30 bits per heavy atom. The SMILES string of the molecule is COc1cc(/C=C(\C#N)C(=O)NC[C@@H]2CCCO2)ccc1OCc1ccc(Cl)cc1. The molecule has 0 unspecified atom stereocenters. The standard InChI is InChI=1S/C23H23ClN2O4/c1-28-22-12-17(6-9-21(22)30-15-16-4-7-19(24)8-5-16)11-18(13-25)23(27)26-14-20-3-2-10-29-20/h4-9,11-12,20H,2-3,10,14-15H2,1H3,(H,26,27)/b18-11+/t20-/m0/s1. The van der Waals surface area contributed by atoms with E-state index >= 15 is 0 Å². The van der Waals surface area contributed by atoms with E-state index in [9.17, 15) is 10.1 Å². The van der Waals surface area contributed by atoms with Gasteiger partial charge in [0.1, 0.15) is 18.2 Å². The molecular formula is C23H23ClN2O4. The van der Waals surface area contributed by atoms with Crippen molar-refractivity contribution in [2.45, 2.75) is 25.6 Å². The number of rotatable bonds is 8. The highest BCUT2D eigenvalue weighted by molar-refractivity contribution is 6.30. The van der Waals surface area contributed by atoms with Crippen molar-refractivity contribution in [3.8, 4) is 17.6 Å². The molecule has 156 valence electrons. The van der Waals surface area contributed by atoms with Gasteiger partial charge in [-0.25, -0.2) is 0 Å². The third-order valence-corrected chi connectivity index (χ3v) is 4.94. The molecule has 1 fully saturated rings. The van der Waals surface area contributed by atoms with E-state index in [1.165, 1.54) is 13.2 Å². The van der Waals surface area contributed by atoms with Gasteiger partial charge in [0.05, 0.1) is 13.2 Å². The Hall–Kier alpha value is -3.01. The van der Waals surface area contributed by atoms with Gasteiger partial charge in [0, 0.05) is 18.2 Å². The lowest BCUT2D eigenvalue weighted by Crippen LogP contribution is -2.32. The maximum Gasteiger partial charge on any atom is 0.262 e. The van der Waals surface area contributed by atoms with Crippen molar-refractivity contribution in [3.63, 3.8) is 0 Å². The maximum atomic E-state index is 12.3. The number of methoxy groups -OCH3 is 1. The second-order valence-electron chi connectivity index (χ2n) is 6.84. The van der Waals surface area contributed by atoms with E-state index < -0.39 is 5.91 Å². The summed E-state index contributed by atoms with van der Waals surface area (Å²) in [7, 11) is 1.54. The quantitative estimate of drug-likeness (QED) is 0.507. The predicted octanol–water partition coefficient (Wildman–Crippen LogP) is 4.13. The maximum absolute atomic E-state index is 12.3. The van der Waals surface area contributed by atoms with E-state index in [4.69, 9.17) is 25.8 Å². The smallest absolute Gasteiger partial charge is 0.262 e. The van der Waals surface area contributed by atoms with Crippen LogP contribution in [0.4, 0.5) is 0 Å².